The molecule has 0 saturated heterocycles. The van der Waals surface area contributed by atoms with Crippen molar-refractivity contribution in [1.29, 1.82) is 0 Å². The number of carbonyl (C=O) groups is 3. The highest BCUT2D eigenvalue weighted by Crippen LogP contribution is 2.14. The van der Waals surface area contributed by atoms with Crippen molar-refractivity contribution < 1.29 is 33.7 Å². The molecule has 0 aliphatic heterocycles. The molecule has 0 atom stereocenters. The lowest BCUT2D eigenvalue weighted by atomic mass is 10.2. The van der Waals surface area contributed by atoms with Crippen LogP contribution in [-0.4, -0.2) is 62.5 Å². The first-order chi connectivity index (χ1) is 12.8. The van der Waals surface area contributed by atoms with Crippen molar-refractivity contribution in [3.63, 3.8) is 0 Å². The van der Waals surface area contributed by atoms with E-state index in [2.05, 4.69) is 9.97 Å². The SMILES string of the molecule is CC(C)(C)OC(=O)N(CCOCc1ncc(C(=O)O)cn1)C(=O)OC(C)(C)C. The first-order valence-electron chi connectivity index (χ1n) is 8.64. The lowest BCUT2D eigenvalue weighted by Crippen LogP contribution is -2.45. The summed E-state index contributed by atoms with van der Waals surface area (Å²) in [6.07, 6.45) is 0.656. The first kappa shape index (κ1) is 23.3. The van der Waals surface area contributed by atoms with Crippen LogP contribution in [0.15, 0.2) is 12.4 Å². The third-order valence-electron chi connectivity index (χ3n) is 2.87. The molecule has 0 radical (unpaired) electrons. The van der Waals surface area contributed by atoms with Crippen LogP contribution in [0.5, 0.6) is 0 Å². The summed E-state index contributed by atoms with van der Waals surface area (Å²) in [5.41, 5.74) is -1.60. The van der Waals surface area contributed by atoms with E-state index in [0.717, 1.165) is 4.90 Å². The number of aromatic carboxylic acids is 1. The third kappa shape index (κ3) is 8.76. The minimum Gasteiger partial charge on any atom is -0.478 e. The van der Waals surface area contributed by atoms with Gasteiger partial charge >= 0.3 is 18.2 Å². The van der Waals surface area contributed by atoms with Crippen molar-refractivity contribution in [2.75, 3.05) is 13.2 Å². The van der Waals surface area contributed by atoms with Gasteiger partial charge in [-0.05, 0) is 41.5 Å². The van der Waals surface area contributed by atoms with Crippen LogP contribution in [0.3, 0.4) is 0 Å². The van der Waals surface area contributed by atoms with E-state index >= 15 is 0 Å². The summed E-state index contributed by atoms with van der Waals surface area (Å²) < 4.78 is 15.9. The van der Waals surface area contributed by atoms with Gasteiger partial charge in [0.1, 0.15) is 17.8 Å². The van der Waals surface area contributed by atoms with Crippen molar-refractivity contribution >= 4 is 18.2 Å². The predicted molar refractivity (Wildman–Crippen MR) is 97.8 cm³/mol. The van der Waals surface area contributed by atoms with E-state index in [4.69, 9.17) is 19.3 Å². The molecule has 1 aromatic heterocycles. The van der Waals surface area contributed by atoms with E-state index in [-0.39, 0.29) is 31.1 Å². The summed E-state index contributed by atoms with van der Waals surface area (Å²) in [5, 5.41) is 8.81. The number of rotatable bonds is 6. The predicted octanol–water partition coefficient (Wildman–Crippen LogP) is 2.86. The Kier molecular flexibility index (Phi) is 7.86. The fourth-order valence-electron chi connectivity index (χ4n) is 1.75. The lowest BCUT2D eigenvalue weighted by molar-refractivity contribution is -0.00564. The highest BCUT2D eigenvalue weighted by Gasteiger charge is 2.30. The Labute approximate surface area is 163 Å². The van der Waals surface area contributed by atoms with E-state index in [1.165, 1.54) is 12.4 Å². The van der Waals surface area contributed by atoms with E-state index in [1.807, 2.05) is 0 Å². The van der Waals surface area contributed by atoms with Crippen LogP contribution in [0.4, 0.5) is 9.59 Å². The Hall–Kier alpha value is -2.75. The largest absolute Gasteiger partial charge is 0.478 e. The van der Waals surface area contributed by atoms with Gasteiger partial charge in [0.25, 0.3) is 0 Å². The highest BCUT2D eigenvalue weighted by atomic mass is 16.6. The highest BCUT2D eigenvalue weighted by molar-refractivity contribution is 5.88. The van der Waals surface area contributed by atoms with Crippen LogP contribution < -0.4 is 0 Å². The first-order valence-corrected chi connectivity index (χ1v) is 8.64. The van der Waals surface area contributed by atoms with Crippen LogP contribution in [-0.2, 0) is 20.8 Å². The van der Waals surface area contributed by atoms with Crippen LogP contribution >= 0.6 is 0 Å². The standard InChI is InChI=1S/C18H27N3O7/c1-17(2,3)27-15(24)21(16(25)28-18(4,5)6)7-8-26-11-13-19-9-12(10-20-13)14(22)23/h9-10H,7-8,11H2,1-6H3,(H,22,23). The number of amides is 2. The zero-order valence-corrected chi connectivity index (χ0v) is 17.0. The van der Waals surface area contributed by atoms with Crippen molar-refractivity contribution in [3.8, 4) is 0 Å². The van der Waals surface area contributed by atoms with Crippen LogP contribution in [0.25, 0.3) is 0 Å². The minimum atomic E-state index is -1.13. The second-order valence-corrected chi connectivity index (χ2v) is 7.86. The molecule has 0 fully saturated rings. The number of carboxylic acid groups (broad SMARTS) is 1. The average Bonchev–Trinajstić information content (AvgIpc) is 2.51. The number of hydrogen-bond acceptors (Lipinski definition) is 8. The maximum absolute atomic E-state index is 12.3. The zero-order chi connectivity index (χ0) is 21.5. The van der Waals surface area contributed by atoms with Crippen molar-refractivity contribution in [3.05, 3.63) is 23.8 Å². The molecule has 28 heavy (non-hydrogen) atoms. The topological polar surface area (TPSA) is 128 Å². The number of ether oxygens (including phenoxy) is 3. The Bertz CT molecular complexity index is 663. The summed E-state index contributed by atoms with van der Waals surface area (Å²) in [6, 6.07) is 0. The monoisotopic (exact) mass is 397 g/mol. The van der Waals surface area contributed by atoms with Crippen molar-refractivity contribution in [1.82, 2.24) is 14.9 Å². The molecule has 1 aromatic rings. The zero-order valence-electron chi connectivity index (χ0n) is 17.0. The van der Waals surface area contributed by atoms with Gasteiger partial charge in [-0.25, -0.2) is 29.3 Å². The maximum Gasteiger partial charge on any atom is 0.419 e. The number of carboxylic acids is 1. The average molecular weight is 397 g/mol. The molecule has 0 bridgehead atoms. The molecule has 0 unspecified atom stereocenters. The molecular formula is C18H27N3O7. The molecule has 0 aliphatic rings. The molecular weight excluding hydrogens is 370 g/mol. The fourth-order valence-corrected chi connectivity index (χ4v) is 1.75. The molecule has 1 rings (SSSR count). The molecule has 2 amide bonds. The molecule has 156 valence electrons. The summed E-state index contributed by atoms with van der Waals surface area (Å²) in [7, 11) is 0. The number of imide groups is 1. The normalized spacial score (nSPS) is 11.6. The fraction of sp³-hybridized carbons (Fsp3) is 0.611. The van der Waals surface area contributed by atoms with Crippen molar-refractivity contribution in [2.45, 2.75) is 59.4 Å². The molecule has 0 aliphatic carbocycles. The number of hydrogen-bond donors (Lipinski definition) is 1. The van der Waals surface area contributed by atoms with E-state index in [1.54, 1.807) is 41.5 Å². The molecule has 1 heterocycles. The van der Waals surface area contributed by atoms with Crippen LogP contribution in [0, 0.1) is 0 Å². The lowest BCUT2D eigenvalue weighted by Gasteiger charge is -2.28. The van der Waals surface area contributed by atoms with E-state index in [0.29, 0.717) is 0 Å². The number of nitrogens with zero attached hydrogens (tertiary/aromatic N) is 3. The molecule has 0 spiro atoms. The van der Waals surface area contributed by atoms with Crippen LogP contribution in [0.1, 0.15) is 57.7 Å². The van der Waals surface area contributed by atoms with Gasteiger partial charge in [-0.2, -0.15) is 0 Å². The van der Waals surface area contributed by atoms with Gasteiger partial charge < -0.3 is 19.3 Å². The van der Waals surface area contributed by atoms with Gasteiger partial charge in [-0.15, -0.1) is 0 Å². The van der Waals surface area contributed by atoms with Gasteiger partial charge in [-0.1, -0.05) is 0 Å². The Morgan fingerprint density at radius 1 is 0.964 bits per heavy atom. The Balaban J connectivity index is 2.66. The molecule has 1 N–H and O–H groups in total. The third-order valence-corrected chi connectivity index (χ3v) is 2.87. The second-order valence-electron chi connectivity index (χ2n) is 7.86. The van der Waals surface area contributed by atoms with Gasteiger partial charge in [0.15, 0.2) is 5.82 Å². The van der Waals surface area contributed by atoms with Gasteiger partial charge in [-0.3, -0.25) is 0 Å². The maximum atomic E-state index is 12.3. The van der Waals surface area contributed by atoms with Crippen LogP contribution in [0.2, 0.25) is 0 Å². The summed E-state index contributed by atoms with van der Waals surface area (Å²) >= 11 is 0. The van der Waals surface area contributed by atoms with Gasteiger partial charge in [0.2, 0.25) is 0 Å². The molecule has 0 saturated carbocycles. The van der Waals surface area contributed by atoms with Crippen molar-refractivity contribution in [2.24, 2.45) is 0 Å². The smallest absolute Gasteiger partial charge is 0.419 e. The molecule has 10 heteroatoms. The summed E-state index contributed by atoms with van der Waals surface area (Å²) in [6.45, 7) is 9.99. The molecule has 10 nitrogen and oxygen atoms in total. The van der Waals surface area contributed by atoms with Gasteiger partial charge in [0, 0.05) is 12.4 Å². The molecule has 0 aromatic carbocycles. The quantitative estimate of drug-likeness (QED) is 0.720. The number of aromatic nitrogens is 2. The van der Waals surface area contributed by atoms with E-state index in [9.17, 15) is 14.4 Å². The number of carbonyl (C=O) groups excluding carboxylic acids is 2. The Morgan fingerprint density at radius 2 is 1.43 bits per heavy atom. The van der Waals surface area contributed by atoms with E-state index < -0.39 is 29.4 Å². The minimum absolute atomic E-state index is 0.0114. The Morgan fingerprint density at radius 3 is 1.82 bits per heavy atom. The summed E-state index contributed by atoms with van der Waals surface area (Å²) in [5.74, 6) is -0.857. The second kappa shape index (κ2) is 9.45. The van der Waals surface area contributed by atoms with Gasteiger partial charge in [0.05, 0.1) is 18.7 Å². The summed E-state index contributed by atoms with van der Waals surface area (Å²) in [4.78, 5) is 44.0.